The predicted molar refractivity (Wildman–Crippen MR) is 199 cm³/mol. The molecule has 4 aromatic carbocycles. The van der Waals surface area contributed by atoms with Crippen molar-refractivity contribution in [3.63, 3.8) is 0 Å². The molecule has 0 aliphatic heterocycles. The summed E-state index contributed by atoms with van der Waals surface area (Å²) in [5.41, 5.74) is 5.91. The van der Waals surface area contributed by atoms with Crippen molar-refractivity contribution < 1.29 is 58.3 Å². The van der Waals surface area contributed by atoms with Crippen LogP contribution in [0.5, 0.6) is 5.75 Å². The molecule has 0 aliphatic carbocycles. The number of para-hydroxylation sites is 1. The Morgan fingerprint density at radius 1 is 0.891 bits per heavy atom. The van der Waals surface area contributed by atoms with Crippen LogP contribution in [0.15, 0.2) is 92.8 Å². The number of hydrogen-bond acceptors (Lipinski definition) is 20. The van der Waals surface area contributed by atoms with Crippen molar-refractivity contribution >= 4 is 105 Å². The maximum atomic E-state index is 12.7. The maximum absolute atomic E-state index is 12.7. The summed E-state index contributed by atoms with van der Waals surface area (Å²) in [7, 11) is -13.4. The first-order valence-electron chi connectivity index (χ1n) is 15.0. The lowest BCUT2D eigenvalue weighted by molar-refractivity contribution is -0.434. The van der Waals surface area contributed by atoms with E-state index in [0.29, 0.717) is 5.69 Å². The number of sulfone groups is 1. The Hall–Kier alpha value is -4.80. The van der Waals surface area contributed by atoms with Crippen LogP contribution in [-0.4, -0.2) is 84.3 Å². The van der Waals surface area contributed by atoms with Crippen LogP contribution < -0.4 is 16.0 Å². The summed E-state index contributed by atoms with van der Waals surface area (Å²) in [5, 5.41) is 32.4. The van der Waals surface area contributed by atoms with Gasteiger partial charge in [-0.2, -0.15) is 31.8 Å². The molecule has 292 valence electrons. The fourth-order valence-corrected chi connectivity index (χ4v) is 7.48. The van der Waals surface area contributed by atoms with Gasteiger partial charge in [-0.05, 0) is 59.5 Å². The first-order chi connectivity index (χ1) is 25.9. The fraction of sp³-hybridized carbons (Fsp3) is 0.138. The largest absolute Gasteiger partial charge is 0.507 e. The minimum absolute atomic E-state index is 0.00198. The van der Waals surface area contributed by atoms with Crippen molar-refractivity contribution in [2.45, 2.75) is 9.79 Å². The van der Waals surface area contributed by atoms with Gasteiger partial charge < -0.3 is 21.1 Å². The molecular formula is C29H27ClN8O13S4. The number of phenolic OH excluding ortho intramolecular Hbond substituents is 1. The minimum atomic E-state index is -4.98. The standard InChI is InChI=1S/C29H27ClN8O13S4/c30-27-33-28(35-29(34-27)38(19-4-2-1-3-5-19)10-12-53(41,42)13-11-49-52-51-50-40)32-18-7-9-22(24(15-18)55(46,47)48)36-37-26-21(31)8-6-17-14-20(54(43,44)45)16-23(39)25(17)26/h1-9,14-16,39-40H,10-13,31H2,(H,43,44,45)(H,46,47,48)(H,32,33,34,35). The topological polar surface area (TPSA) is 316 Å². The number of aromatic nitrogens is 3. The van der Waals surface area contributed by atoms with Crippen molar-refractivity contribution in [1.29, 1.82) is 0 Å². The van der Waals surface area contributed by atoms with Crippen molar-refractivity contribution in [2.24, 2.45) is 10.2 Å². The number of hydrogen-bond donors (Lipinski definition) is 6. The molecule has 0 aliphatic rings. The number of halogens is 1. The van der Waals surface area contributed by atoms with Crippen molar-refractivity contribution in [1.82, 2.24) is 15.0 Å². The van der Waals surface area contributed by atoms with E-state index in [0.717, 1.165) is 24.3 Å². The van der Waals surface area contributed by atoms with Gasteiger partial charge in [0, 0.05) is 24.0 Å². The smallest absolute Gasteiger partial charge is 0.296 e. The molecule has 0 atom stereocenters. The van der Waals surface area contributed by atoms with Crippen molar-refractivity contribution in [2.75, 3.05) is 40.6 Å². The van der Waals surface area contributed by atoms with E-state index in [2.05, 4.69) is 39.9 Å². The summed E-state index contributed by atoms with van der Waals surface area (Å²) >= 11 is 6.47. The molecule has 1 heterocycles. The molecule has 0 radical (unpaired) electrons. The summed E-state index contributed by atoms with van der Waals surface area (Å²) in [6.07, 6.45) is 0. The third-order valence-corrected chi connectivity index (χ3v) is 11.1. The fourth-order valence-electron chi connectivity index (χ4n) is 4.81. The van der Waals surface area contributed by atoms with E-state index >= 15 is 0 Å². The van der Waals surface area contributed by atoms with E-state index < -0.39 is 57.1 Å². The molecule has 55 heavy (non-hydrogen) atoms. The number of phenols is 1. The summed E-state index contributed by atoms with van der Waals surface area (Å²) < 4.78 is 102. The average molecular weight is 859 g/mol. The first kappa shape index (κ1) is 41.4. The highest BCUT2D eigenvalue weighted by Gasteiger charge is 2.22. The van der Waals surface area contributed by atoms with E-state index in [1.165, 1.54) is 23.1 Å². The van der Waals surface area contributed by atoms with Gasteiger partial charge in [0.1, 0.15) is 22.0 Å². The summed E-state index contributed by atoms with van der Waals surface area (Å²) in [6.45, 7) is -0.455. The third kappa shape index (κ3) is 10.9. The zero-order valence-corrected chi connectivity index (χ0v) is 31.5. The molecule has 21 nitrogen and oxygen atoms in total. The summed E-state index contributed by atoms with van der Waals surface area (Å²) in [6, 6.07) is 16.4. The number of aromatic hydroxyl groups is 1. The second-order valence-corrected chi connectivity index (χ2v) is 16.9. The predicted octanol–water partition coefficient (Wildman–Crippen LogP) is 5.17. The number of azo groups is 1. The molecule has 1 aromatic heterocycles. The lowest BCUT2D eigenvalue weighted by Crippen LogP contribution is -2.28. The van der Waals surface area contributed by atoms with Crippen LogP contribution in [0.3, 0.4) is 0 Å². The molecule has 0 unspecified atom stereocenters. The van der Waals surface area contributed by atoms with Gasteiger partial charge in [0.15, 0.2) is 22.2 Å². The number of nitrogen functional groups attached to an aromatic ring is 1. The minimum Gasteiger partial charge on any atom is -0.507 e. The Labute approximate surface area is 321 Å². The van der Waals surface area contributed by atoms with Gasteiger partial charge in [0.05, 0.1) is 34.1 Å². The molecule has 26 heteroatoms. The Morgan fingerprint density at radius 3 is 2.33 bits per heavy atom. The number of benzene rings is 4. The molecule has 7 N–H and O–H groups in total. The molecule has 0 amide bonds. The van der Waals surface area contributed by atoms with Crippen LogP contribution in [-0.2, 0) is 43.6 Å². The second-order valence-electron chi connectivity index (χ2n) is 10.9. The Bertz CT molecular complexity index is 2570. The molecule has 0 spiro atoms. The maximum Gasteiger partial charge on any atom is 0.296 e. The van der Waals surface area contributed by atoms with Crippen molar-refractivity contribution in [3.8, 4) is 5.75 Å². The molecule has 0 fully saturated rings. The van der Waals surface area contributed by atoms with Crippen LogP contribution in [0.2, 0.25) is 5.28 Å². The molecular weight excluding hydrogens is 832 g/mol. The highest BCUT2D eigenvalue weighted by atomic mass is 35.5. The summed E-state index contributed by atoms with van der Waals surface area (Å²) in [5.74, 6) is -1.75. The van der Waals surface area contributed by atoms with Crippen molar-refractivity contribution in [3.05, 3.63) is 78.1 Å². The SMILES string of the molecule is Nc1ccc2cc(S(=O)(=O)O)cc(O)c2c1N=Nc1ccc(Nc2nc(Cl)nc(N(CCS(=O)(=O)CCOSOOO)c3ccccc3)n2)cc1S(=O)(=O)O. The highest BCUT2D eigenvalue weighted by Crippen LogP contribution is 2.41. The second kappa shape index (κ2) is 17.3. The van der Waals surface area contributed by atoms with Gasteiger partial charge in [-0.15, -0.1) is 14.6 Å². The van der Waals surface area contributed by atoms with Crippen LogP contribution in [0, 0.1) is 0 Å². The third-order valence-electron chi connectivity index (χ3n) is 7.24. The lowest BCUT2D eigenvalue weighted by atomic mass is 10.1. The number of anilines is 5. The molecule has 5 rings (SSSR count). The molecule has 0 saturated carbocycles. The zero-order valence-electron chi connectivity index (χ0n) is 27.5. The van der Waals surface area contributed by atoms with Gasteiger partial charge in [0.25, 0.3) is 20.2 Å². The van der Waals surface area contributed by atoms with Crippen LogP contribution in [0.1, 0.15) is 0 Å². The monoisotopic (exact) mass is 858 g/mol. The highest BCUT2D eigenvalue weighted by molar-refractivity contribution is 7.91. The normalized spacial score (nSPS) is 12.4. The van der Waals surface area contributed by atoms with Gasteiger partial charge >= 0.3 is 0 Å². The molecule has 5 aromatic rings. The number of fused-ring (bicyclic) bond motifs is 1. The van der Waals surface area contributed by atoms with Crippen LogP contribution in [0.25, 0.3) is 10.8 Å². The Morgan fingerprint density at radius 2 is 1.64 bits per heavy atom. The van der Waals surface area contributed by atoms with Gasteiger partial charge in [-0.25, -0.2) is 13.7 Å². The Balaban J connectivity index is 1.44. The number of nitrogens with two attached hydrogens (primary N) is 1. The molecule has 0 saturated heterocycles. The summed E-state index contributed by atoms with van der Waals surface area (Å²) in [4.78, 5) is 12.6. The quantitative estimate of drug-likeness (QED) is 0.0133. The van der Waals surface area contributed by atoms with Crippen LogP contribution >= 0.6 is 23.9 Å². The van der Waals surface area contributed by atoms with Gasteiger partial charge in [-0.3, -0.25) is 13.3 Å². The lowest BCUT2D eigenvalue weighted by Gasteiger charge is -2.23. The number of nitrogens with one attached hydrogen (secondary N) is 1. The molecule has 0 bridgehead atoms. The van der Waals surface area contributed by atoms with E-state index in [1.54, 1.807) is 30.3 Å². The zero-order chi connectivity index (χ0) is 40.0. The van der Waals surface area contributed by atoms with Crippen LogP contribution in [0.4, 0.5) is 40.3 Å². The Kier molecular flexibility index (Phi) is 13.0. The van der Waals surface area contributed by atoms with Gasteiger partial charge in [-0.1, -0.05) is 29.3 Å². The van der Waals surface area contributed by atoms with E-state index in [4.69, 9.17) is 26.8 Å². The number of rotatable bonds is 17. The number of nitrogens with zero attached hydrogens (tertiary/aromatic N) is 6. The van der Waals surface area contributed by atoms with E-state index in [9.17, 15) is 39.5 Å². The average Bonchev–Trinajstić information content (AvgIpc) is 3.11. The van der Waals surface area contributed by atoms with Gasteiger partial charge in [0.2, 0.25) is 17.2 Å². The van der Waals surface area contributed by atoms with E-state index in [-0.39, 0.29) is 76.2 Å². The first-order valence-corrected chi connectivity index (χ1v) is 20.7. The van der Waals surface area contributed by atoms with E-state index in [1.807, 2.05) is 0 Å².